The third-order valence-electron chi connectivity index (χ3n) is 3.98. The Hall–Kier alpha value is -1.58. The summed E-state index contributed by atoms with van der Waals surface area (Å²) in [5.74, 6) is -1.65. The maximum absolute atomic E-state index is 10.4. The molecule has 0 fully saturated rings. The summed E-state index contributed by atoms with van der Waals surface area (Å²) in [7, 11) is 0. The van der Waals surface area contributed by atoms with Crippen molar-refractivity contribution in [2.24, 2.45) is 0 Å². The number of allylic oxidation sites excluding steroid dienone is 1. The van der Waals surface area contributed by atoms with E-state index in [1.165, 1.54) is 44.9 Å². The third kappa shape index (κ3) is 20.4. The summed E-state index contributed by atoms with van der Waals surface area (Å²) in [4.78, 5) is 20.7. The zero-order valence-corrected chi connectivity index (χ0v) is 16.5. The Morgan fingerprint density at radius 1 is 0.800 bits per heavy atom. The molecule has 0 unspecified atom stereocenters. The Kier molecular flexibility index (Phi) is 19.2. The number of carboxylic acids is 2. The first-order valence-corrected chi connectivity index (χ1v) is 9.67. The first-order valence-electron chi connectivity index (χ1n) is 9.67. The number of hydrogen-bond donors (Lipinski definition) is 2. The fourth-order valence-corrected chi connectivity index (χ4v) is 2.20. The van der Waals surface area contributed by atoms with Gasteiger partial charge >= 0.3 is 11.9 Å². The first-order chi connectivity index (χ1) is 11.9. The SMILES string of the molecule is C=C(CCCCCCCC)C(=O)O.CCCCCCC=C(C)C(=O)O. The minimum atomic E-state index is -0.853. The molecule has 0 amide bonds. The molecule has 0 saturated heterocycles. The summed E-state index contributed by atoms with van der Waals surface area (Å²) in [5.41, 5.74) is 0.807. The number of hydrogen-bond acceptors (Lipinski definition) is 2. The van der Waals surface area contributed by atoms with E-state index in [-0.39, 0.29) is 0 Å². The molecule has 4 heteroatoms. The highest BCUT2D eigenvalue weighted by molar-refractivity contribution is 5.86. The summed E-state index contributed by atoms with van der Waals surface area (Å²) in [5, 5.41) is 17.0. The highest BCUT2D eigenvalue weighted by Crippen LogP contribution is 2.10. The van der Waals surface area contributed by atoms with E-state index >= 15 is 0 Å². The molecule has 146 valence electrons. The highest BCUT2D eigenvalue weighted by Gasteiger charge is 2.02. The molecule has 2 N–H and O–H groups in total. The van der Waals surface area contributed by atoms with Crippen LogP contribution < -0.4 is 0 Å². The average Bonchev–Trinajstić information content (AvgIpc) is 2.57. The van der Waals surface area contributed by atoms with E-state index in [4.69, 9.17) is 10.2 Å². The van der Waals surface area contributed by atoms with Gasteiger partial charge in [0, 0.05) is 11.1 Å². The van der Waals surface area contributed by atoms with Gasteiger partial charge in [-0.1, -0.05) is 77.9 Å². The van der Waals surface area contributed by atoms with Crippen LogP contribution in [0.2, 0.25) is 0 Å². The summed E-state index contributed by atoms with van der Waals surface area (Å²) in [6, 6.07) is 0. The average molecular weight is 355 g/mol. The maximum Gasteiger partial charge on any atom is 0.330 e. The predicted octanol–water partition coefficient (Wildman–Crippen LogP) is 6.37. The van der Waals surface area contributed by atoms with Gasteiger partial charge in [-0.2, -0.15) is 0 Å². The van der Waals surface area contributed by atoms with Crippen molar-refractivity contribution in [2.45, 2.75) is 97.8 Å². The zero-order chi connectivity index (χ0) is 19.5. The number of carbonyl (C=O) groups is 2. The van der Waals surface area contributed by atoms with Crippen LogP contribution in [-0.4, -0.2) is 22.2 Å². The van der Waals surface area contributed by atoms with Crippen LogP contribution in [0, 0.1) is 0 Å². The molecule has 0 aliphatic carbocycles. The van der Waals surface area contributed by atoms with E-state index in [1.54, 1.807) is 13.0 Å². The van der Waals surface area contributed by atoms with Crippen molar-refractivity contribution >= 4 is 11.9 Å². The molecule has 0 atom stereocenters. The van der Waals surface area contributed by atoms with E-state index in [2.05, 4.69) is 20.4 Å². The molecular formula is C21H38O4. The van der Waals surface area contributed by atoms with E-state index < -0.39 is 11.9 Å². The van der Waals surface area contributed by atoms with Crippen LogP contribution in [0.25, 0.3) is 0 Å². The van der Waals surface area contributed by atoms with Gasteiger partial charge in [-0.3, -0.25) is 0 Å². The first kappa shape index (κ1) is 25.7. The normalized spacial score (nSPS) is 10.8. The minimum Gasteiger partial charge on any atom is -0.478 e. The van der Waals surface area contributed by atoms with Crippen molar-refractivity contribution in [3.8, 4) is 0 Å². The number of unbranched alkanes of at least 4 members (excludes halogenated alkanes) is 9. The van der Waals surface area contributed by atoms with Crippen molar-refractivity contribution < 1.29 is 19.8 Å². The molecule has 0 spiro atoms. The van der Waals surface area contributed by atoms with Crippen LogP contribution >= 0.6 is 0 Å². The Morgan fingerprint density at radius 3 is 1.76 bits per heavy atom. The molecule has 0 saturated carbocycles. The van der Waals surface area contributed by atoms with Gasteiger partial charge in [-0.25, -0.2) is 9.59 Å². The van der Waals surface area contributed by atoms with Crippen LogP contribution in [0.1, 0.15) is 97.8 Å². The van der Waals surface area contributed by atoms with E-state index in [0.717, 1.165) is 25.7 Å². The molecule has 25 heavy (non-hydrogen) atoms. The lowest BCUT2D eigenvalue weighted by Crippen LogP contribution is -1.98. The van der Waals surface area contributed by atoms with Crippen molar-refractivity contribution in [1.82, 2.24) is 0 Å². The molecule has 0 aromatic rings. The Bertz CT molecular complexity index is 397. The van der Waals surface area contributed by atoms with E-state index in [0.29, 0.717) is 17.6 Å². The fourth-order valence-electron chi connectivity index (χ4n) is 2.20. The summed E-state index contributed by atoms with van der Waals surface area (Å²) in [6.07, 6.45) is 15.3. The second kappa shape index (κ2) is 18.8. The van der Waals surface area contributed by atoms with Gasteiger partial charge in [-0.15, -0.1) is 0 Å². The van der Waals surface area contributed by atoms with Crippen molar-refractivity contribution in [2.75, 3.05) is 0 Å². The van der Waals surface area contributed by atoms with Crippen LogP contribution in [0.5, 0.6) is 0 Å². The molecule has 0 bridgehead atoms. The van der Waals surface area contributed by atoms with Crippen LogP contribution in [0.4, 0.5) is 0 Å². The molecule has 0 aromatic heterocycles. The second-order valence-corrected chi connectivity index (χ2v) is 6.47. The minimum absolute atomic E-state index is 0.343. The van der Waals surface area contributed by atoms with Gasteiger partial charge in [0.1, 0.15) is 0 Å². The molecule has 0 aliphatic rings. The van der Waals surface area contributed by atoms with Gasteiger partial charge in [0.25, 0.3) is 0 Å². The van der Waals surface area contributed by atoms with Crippen LogP contribution in [0.15, 0.2) is 23.8 Å². The lowest BCUT2D eigenvalue weighted by molar-refractivity contribution is -0.133. The van der Waals surface area contributed by atoms with E-state index in [9.17, 15) is 9.59 Å². The Labute approximate surface area is 154 Å². The molecule has 0 radical (unpaired) electrons. The lowest BCUT2D eigenvalue weighted by Gasteiger charge is -2.00. The monoisotopic (exact) mass is 354 g/mol. The summed E-state index contributed by atoms with van der Waals surface area (Å²) < 4.78 is 0. The van der Waals surface area contributed by atoms with Gasteiger partial charge in [-0.05, 0) is 32.6 Å². The molecule has 0 rings (SSSR count). The Morgan fingerprint density at radius 2 is 1.28 bits per heavy atom. The topological polar surface area (TPSA) is 74.6 Å². The maximum atomic E-state index is 10.4. The quantitative estimate of drug-likeness (QED) is 0.281. The van der Waals surface area contributed by atoms with Crippen molar-refractivity contribution in [1.29, 1.82) is 0 Å². The fraction of sp³-hybridized carbons (Fsp3) is 0.714. The summed E-state index contributed by atoms with van der Waals surface area (Å²) >= 11 is 0. The molecular weight excluding hydrogens is 316 g/mol. The standard InChI is InChI=1S/C11H20O2.C10H18O2/c1-3-4-5-6-7-8-9-10(2)11(12)13;1-3-4-5-6-7-8-9(2)10(11)12/h2-9H2,1H3,(H,12,13);8H,3-7H2,1-2H3,(H,11,12). The predicted molar refractivity (Wildman–Crippen MR) is 105 cm³/mol. The van der Waals surface area contributed by atoms with Gasteiger partial charge < -0.3 is 10.2 Å². The highest BCUT2D eigenvalue weighted by atomic mass is 16.4. The van der Waals surface area contributed by atoms with Crippen LogP contribution in [0.3, 0.4) is 0 Å². The Balaban J connectivity index is 0. The van der Waals surface area contributed by atoms with Crippen molar-refractivity contribution in [3.63, 3.8) is 0 Å². The lowest BCUT2D eigenvalue weighted by atomic mass is 10.1. The zero-order valence-electron chi connectivity index (χ0n) is 16.5. The van der Waals surface area contributed by atoms with E-state index in [1.807, 2.05) is 0 Å². The smallest absolute Gasteiger partial charge is 0.330 e. The largest absolute Gasteiger partial charge is 0.478 e. The molecule has 4 nitrogen and oxygen atoms in total. The molecule has 0 aliphatic heterocycles. The number of rotatable bonds is 14. The van der Waals surface area contributed by atoms with Gasteiger partial charge in [0.15, 0.2) is 0 Å². The molecule has 0 heterocycles. The molecule has 0 aromatic carbocycles. The number of aliphatic carboxylic acids is 2. The summed E-state index contributed by atoms with van der Waals surface area (Å²) in [6.45, 7) is 9.48. The second-order valence-electron chi connectivity index (χ2n) is 6.47. The number of carboxylic acid groups (broad SMARTS) is 2. The van der Waals surface area contributed by atoms with Crippen LogP contribution in [-0.2, 0) is 9.59 Å². The van der Waals surface area contributed by atoms with Gasteiger partial charge in [0.2, 0.25) is 0 Å². The van der Waals surface area contributed by atoms with Crippen molar-refractivity contribution in [3.05, 3.63) is 23.8 Å². The third-order valence-corrected chi connectivity index (χ3v) is 3.98. The van der Waals surface area contributed by atoms with Gasteiger partial charge in [0.05, 0.1) is 0 Å².